The van der Waals surface area contributed by atoms with Crippen LogP contribution in [0, 0.1) is 18.2 Å². The Kier molecular flexibility index (Phi) is 9.77. The van der Waals surface area contributed by atoms with E-state index in [9.17, 15) is 14.4 Å². The van der Waals surface area contributed by atoms with Gasteiger partial charge < -0.3 is 23.8 Å². The summed E-state index contributed by atoms with van der Waals surface area (Å²) < 4.78 is 38.3. The minimum Gasteiger partial charge on any atom is -0.474 e. The second-order valence-corrected chi connectivity index (χ2v) is 15.9. The van der Waals surface area contributed by atoms with Crippen LogP contribution < -0.4 is 15.0 Å². The van der Waals surface area contributed by atoms with Gasteiger partial charge in [0.2, 0.25) is 5.88 Å². The van der Waals surface area contributed by atoms with Crippen LogP contribution in [-0.4, -0.2) is 76.7 Å². The summed E-state index contributed by atoms with van der Waals surface area (Å²) in [5.74, 6) is 0.0671. The van der Waals surface area contributed by atoms with Crippen LogP contribution in [0.5, 0.6) is 5.88 Å². The predicted octanol–water partition coefficient (Wildman–Crippen LogP) is 8.39. The van der Waals surface area contributed by atoms with Crippen molar-refractivity contribution in [2.75, 3.05) is 36.5 Å². The number of anilines is 2. The van der Waals surface area contributed by atoms with Crippen LogP contribution in [0.1, 0.15) is 85.6 Å². The van der Waals surface area contributed by atoms with Crippen LogP contribution in [0.3, 0.4) is 0 Å². The molecule has 3 amide bonds. The normalized spacial score (nSPS) is 17.8. The van der Waals surface area contributed by atoms with E-state index in [4.69, 9.17) is 18.9 Å². The van der Waals surface area contributed by atoms with Crippen molar-refractivity contribution in [2.24, 2.45) is 5.41 Å². The number of pyridine rings is 2. The van der Waals surface area contributed by atoms with Crippen LogP contribution in [0.15, 0.2) is 30.6 Å². The lowest BCUT2D eigenvalue weighted by molar-refractivity contribution is -0.00994. The molecule has 0 atom stereocenters. The molecule has 3 aliphatic rings. The van der Waals surface area contributed by atoms with Crippen molar-refractivity contribution in [3.8, 4) is 17.0 Å². The summed E-state index contributed by atoms with van der Waals surface area (Å²) in [5.41, 5.74) is 0.744. The lowest BCUT2D eigenvalue weighted by Crippen LogP contribution is -2.46. The Bertz CT molecular complexity index is 1820. The summed E-state index contributed by atoms with van der Waals surface area (Å²) in [6.45, 7) is 14.6. The number of fused-ring (bicyclic) bond motifs is 2. The van der Waals surface area contributed by atoms with Crippen molar-refractivity contribution in [1.82, 2.24) is 14.9 Å². The number of carbonyl (C=O) groups is 3. The zero-order chi connectivity index (χ0) is 36.7. The Hall–Kier alpha value is -4.68. The maximum Gasteiger partial charge on any atom is 0.415 e. The zero-order valence-electron chi connectivity index (χ0n) is 30.6. The quantitative estimate of drug-likeness (QED) is 0.267. The third kappa shape index (κ3) is 8.28. The zero-order valence-corrected chi connectivity index (χ0v) is 30.6. The average Bonchev–Trinajstić information content (AvgIpc) is 3.04. The van der Waals surface area contributed by atoms with Gasteiger partial charge in [0.1, 0.15) is 41.2 Å². The largest absolute Gasteiger partial charge is 0.474 e. The molecular formula is C38H48FN5O7. The van der Waals surface area contributed by atoms with Gasteiger partial charge in [0.05, 0.1) is 6.54 Å². The van der Waals surface area contributed by atoms with Gasteiger partial charge in [-0.2, -0.15) is 0 Å². The van der Waals surface area contributed by atoms with Gasteiger partial charge in [-0.05, 0) is 122 Å². The fraction of sp³-hybridized carbons (Fsp3) is 0.553. The summed E-state index contributed by atoms with van der Waals surface area (Å²) in [6, 6.07) is 4.73. The van der Waals surface area contributed by atoms with Crippen molar-refractivity contribution in [3.05, 3.63) is 42.0 Å². The van der Waals surface area contributed by atoms with Gasteiger partial charge in [0.25, 0.3) is 0 Å². The van der Waals surface area contributed by atoms with Crippen molar-refractivity contribution >= 4 is 40.6 Å². The highest BCUT2D eigenvalue weighted by atomic mass is 19.1. The summed E-state index contributed by atoms with van der Waals surface area (Å²) in [5, 5.41) is 3.93. The van der Waals surface area contributed by atoms with Gasteiger partial charge in [-0.25, -0.2) is 28.7 Å². The number of piperidine rings is 1. The van der Waals surface area contributed by atoms with E-state index in [-0.39, 0.29) is 48.0 Å². The van der Waals surface area contributed by atoms with Crippen LogP contribution in [0.25, 0.3) is 21.9 Å². The molecule has 13 heteroatoms. The Morgan fingerprint density at radius 1 is 0.863 bits per heavy atom. The summed E-state index contributed by atoms with van der Waals surface area (Å²) >= 11 is 0. The lowest BCUT2D eigenvalue weighted by Gasteiger charge is -2.45. The number of nitrogens with one attached hydrogen (secondary N) is 1. The van der Waals surface area contributed by atoms with E-state index in [0.29, 0.717) is 40.7 Å². The minimum absolute atomic E-state index is 0.148. The highest BCUT2D eigenvalue weighted by molar-refractivity contribution is 5.95. The molecule has 1 spiro atoms. The predicted molar refractivity (Wildman–Crippen MR) is 191 cm³/mol. The molecule has 1 aromatic carbocycles. The first-order valence-electron chi connectivity index (χ1n) is 17.7. The Morgan fingerprint density at radius 3 is 2.20 bits per heavy atom. The average molecular weight is 706 g/mol. The number of rotatable bonds is 3. The molecule has 4 heterocycles. The topological polar surface area (TPSA) is 132 Å². The number of likely N-dealkylation sites (tertiary alicyclic amines) is 1. The third-order valence-electron chi connectivity index (χ3n) is 9.78. The number of hydrogen-bond donors (Lipinski definition) is 1. The fourth-order valence-corrected chi connectivity index (χ4v) is 7.15. The molecule has 0 unspecified atom stereocenters. The van der Waals surface area contributed by atoms with Crippen molar-refractivity contribution in [2.45, 2.75) is 104 Å². The highest BCUT2D eigenvalue weighted by Gasteiger charge is 2.41. The molecule has 3 aromatic rings. The van der Waals surface area contributed by atoms with E-state index in [1.165, 1.54) is 23.4 Å². The van der Waals surface area contributed by atoms with E-state index >= 15 is 4.39 Å². The molecule has 1 aliphatic carbocycles. The second-order valence-electron chi connectivity index (χ2n) is 15.9. The number of aromatic nitrogens is 2. The minimum atomic E-state index is -0.700. The number of hydrogen-bond acceptors (Lipinski definition) is 9. The van der Waals surface area contributed by atoms with Gasteiger partial charge in [0, 0.05) is 42.0 Å². The molecule has 2 aliphatic heterocycles. The van der Waals surface area contributed by atoms with E-state index in [0.717, 1.165) is 38.5 Å². The molecule has 0 bridgehead atoms. The Labute approximate surface area is 298 Å². The molecule has 1 saturated carbocycles. The highest BCUT2D eigenvalue weighted by Crippen LogP contribution is 2.46. The van der Waals surface area contributed by atoms with Crippen LogP contribution in [0.2, 0.25) is 0 Å². The third-order valence-corrected chi connectivity index (χ3v) is 9.78. The first-order chi connectivity index (χ1) is 24.0. The van der Waals surface area contributed by atoms with Crippen LogP contribution in [0.4, 0.5) is 30.3 Å². The first-order valence-corrected chi connectivity index (χ1v) is 17.7. The van der Waals surface area contributed by atoms with Crippen molar-refractivity contribution in [1.29, 1.82) is 0 Å². The molecule has 1 N–H and O–H groups in total. The number of amides is 3. The molecule has 2 aromatic heterocycles. The number of nitrogens with zero attached hydrogens (tertiary/aromatic N) is 4. The van der Waals surface area contributed by atoms with Crippen LogP contribution >= 0.6 is 0 Å². The molecule has 274 valence electrons. The van der Waals surface area contributed by atoms with Gasteiger partial charge in [0.15, 0.2) is 0 Å². The fourth-order valence-electron chi connectivity index (χ4n) is 7.15. The van der Waals surface area contributed by atoms with Crippen molar-refractivity contribution in [3.63, 3.8) is 0 Å². The van der Waals surface area contributed by atoms with Gasteiger partial charge in [-0.1, -0.05) is 0 Å². The standard InChI is InChI=1S/C38H48FN5O7/c1-23-28(22-41-32-31(23)44(16-17-48-32)35(47)51-37(5,6)7)27-18-24-20-30(40-21-25(24)19-29(27)39)42-33(45)49-26-8-10-38(11-9-26)12-14-43(15-13-38)34(46)50-36(2,3)4/h18-22,26H,8-17H2,1-7H3,(H,40,42,45). The maximum atomic E-state index is 15.6. The van der Waals surface area contributed by atoms with E-state index in [1.54, 1.807) is 44.7 Å². The number of ether oxygens (including phenoxy) is 4. The first kappa shape index (κ1) is 36.1. The SMILES string of the molecule is Cc1c(-c2cc3cc(NC(=O)OC4CCC5(CC4)CCN(C(=O)OC(C)(C)C)CC5)ncc3cc2F)cnc2c1N(C(=O)OC(C)(C)C)CCO2. The lowest BCUT2D eigenvalue weighted by atomic mass is 9.67. The monoisotopic (exact) mass is 705 g/mol. The molecule has 6 rings (SSSR count). The van der Waals surface area contributed by atoms with E-state index < -0.39 is 29.2 Å². The molecule has 51 heavy (non-hydrogen) atoms. The van der Waals surface area contributed by atoms with Gasteiger partial charge in [-0.3, -0.25) is 10.2 Å². The Balaban J connectivity index is 1.10. The number of halogens is 1. The molecule has 1 saturated heterocycles. The summed E-state index contributed by atoms with van der Waals surface area (Å²) in [7, 11) is 0. The van der Waals surface area contributed by atoms with Gasteiger partial charge >= 0.3 is 18.3 Å². The summed E-state index contributed by atoms with van der Waals surface area (Å²) in [4.78, 5) is 50.6. The molecular weight excluding hydrogens is 657 g/mol. The molecule has 2 fully saturated rings. The number of carbonyl (C=O) groups excluding carboxylic acids is 3. The van der Waals surface area contributed by atoms with E-state index in [2.05, 4.69) is 15.3 Å². The van der Waals surface area contributed by atoms with E-state index in [1.807, 2.05) is 20.8 Å². The number of benzene rings is 1. The van der Waals surface area contributed by atoms with Crippen LogP contribution in [-0.2, 0) is 14.2 Å². The second kappa shape index (κ2) is 13.8. The smallest absolute Gasteiger partial charge is 0.415 e. The van der Waals surface area contributed by atoms with Crippen molar-refractivity contribution < 1.29 is 37.7 Å². The molecule has 12 nitrogen and oxygen atoms in total. The summed E-state index contributed by atoms with van der Waals surface area (Å²) in [6.07, 6.45) is 6.59. The maximum absolute atomic E-state index is 15.6. The van der Waals surface area contributed by atoms with Gasteiger partial charge in [-0.15, -0.1) is 0 Å². The Morgan fingerprint density at radius 2 is 1.53 bits per heavy atom. The molecule has 0 radical (unpaired) electrons.